The van der Waals surface area contributed by atoms with Gasteiger partial charge < -0.3 is 20.1 Å². The van der Waals surface area contributed by atoms with Gasteiger partial charge in [0.2, 0.25) is 5.91 Å². The molecule has 0 saturated heterocycles. The number of nitrogens with one attached hydrogen (secondary N) is 3. The quantitative estimate of drug-likeness (QED) is 0.558. The number of carbonyl (C=O) groups is 4. The normalized spacial score (nSPS) is 9.89. The van der Waals surface area contributed by atoms with Crippen LogP contribution in [0, 0.1) is 0 Å². The number of benzene rings is 1. The zero-order valence-electron chi connectivity index (χ0n) is 15.7. The van der Waals surface area contributed by atoms with Crippen LogP contribution < -0.4 is 16.0 Å². The van der Waals surface area contributed by atoms with Gasteiger partial charge in [-0.2, -0.15) is 0 Å². The molecule has 0 radical (unpaired) electrons. The van der Waals surface area contributed by atoms with Gasteiger partial charge in [0, 0.05) is 12.2 Å². The first kappa shape index (κ1) is 21.9. The minimum atomic E-state index is -0.602. The van der Waals surface area contributed by atoms with Gasteiger partial charge in [-0.1, -0.05) is 6.92 Å². The Morgan fingerprint density at radius 1 is 0.889 bits per heavy atom. The first-order chi connectivity index (χ1) is 12.9. The van der Waals surface area contributed by atoms with E-state index in [0.717, 1.165) is 6.42 Å². The first-order valence-corrected chi connectivity index (χ1v) is 8.72. The van der Waals surface area contributed by atoms with E-state index in [9.17, 15) is 19.2 Å². The zero-order valence-corrected chi connectivity index (χ0v) is 15.7. The molecule has 1 aromatic carbocycles. The van der Waals surface area contributed by atoms with Gasteiger partial charge in [0.15, 0.2) is 0 Å². The van der Waals surface area contributed by atoms with Crippen molar-refractivity contribution in [2.24, 2.45) is 0 Å². The molecule has 0 aliphatic rings. The lowest BCUT2D eigenvalue weighted by Crippen LogP contribution is -2.42. The van der Waals surface area contributed by atoms with Crippen molar-refractivity contribution in [1.29, 1.82) is 0 Å². The van der Waals surface area contributed by atoms with Crippen LogP contribution in [-0.2, 0) is 14.3 Å². The van der Waals surface area contributed by atoms with E-state index < -0.39 is 23.9 Å². The third-order valence-corrected chi connectivity index (χ3v) is 3.20. The molecule has 0 atom stereocenters. The summed E-state index contributed by atoms with van der Waals surface area (Å²) in [5.41, 5.74) is 0.629. The maximum Gasteiger partial charge on any atom is 0.338 e. The molecule has 0 heterocycles. The number of carbonyl (C=O) groups excluding carboxylic acids is 4. The number of urea groups is 1. The molecule has 0 aliphatic carbocycles. The standard InChI is InChI=1S/C18H25N3O6/c1-4-7-19-18(25)21-15(22)11-20-14-9-12(16(23)26-5-2)8-13(10-14)17(24)27-6-3/h8-10,20H,4-7,11H2,1-3H3,(H2,19,21,22,25). The molecular formula is C18H25N3O6. The lowest BCUT2D eigenvalue weighted by molar-refractivity contribution is -0.118. The van der Waals surface area contributed by atoms with Gasteiger partial charge in [-0.05, 0) is 38.5 Å². The van der Waals surface area contributed by atoms with E-state index in [1.165, 1.54) is 18.2 Å². The minimum Gasteiger partial charge on any atom is -0.462 e. The summed E-state index contributed by atoms with van der Waals surface area (Å²) in [4.78, 5) is 47.2. The molecule has 9 heteroatoms. The number of rotatable bonds is 9. The van der Waals surface area contributed by atoms with Gasteiger partial charge in [0.05, 0.1) is 30.9 Å². The molecule has 0 aliphatic heterocycles. The molecule has 1 aromatic rings. The van der Waals surface area contributed by atoms with Crippen molar-refractivity contribution >= 4 is 29.6 Å². The van der Waals surface area contributed by atoms with Gasteiger partial charge in [-0.25, -0.2) is 14.4 Å². The molecule has 3 N–H and O–H groups in total. The van der Waals surface area contributed by atoms with Gasteiger partial charge in [0.1, 0.15) is 0 Å². The highest BCUT2D eigenvalue weighted by atomic mass is 16.5. The Balaban J connectivity index is 2.85. The number of hydrogen-bond donors (Lipinski definition) is 3. The van der Waals surface area contributed by atoms with Crippen molar-refractivity contribution < 1.29 is 28.7 Å². The molecule has 0 unspecified atom stereocenters. The summed E-state index contributed by atoms with van der Waals surface area (Å²) in [6.07, 6.45) is 0.747. The molecule has 0 spiro atoms. The summed E-state index contributed by atoms with van der Waals surface area (Å²) in [7, 11) is 0. The zero-order chi connectivity index (χ0) is 20.2. The Morgan fingerprint density at radius 2 is 1.44 bits per heavy atom. The summed E-state index contributed by atoms with van der Waals surface area (Å²) >= 11 is 0. The maximum atomic E-state index is 12.0. The van der Waals surface area contributed by atoms with Crippen LogP contribution >= 0.6 is 0 Å². The van der Waals surface area contributed by atoms with Crippen molar-refractivity contribution in [1.82, 2.24) is 10.6 Å². The number of hydrogen-bond acceptors (Lipinski definition) is 7. The maximum absolute atomic E-state index is 12.0. The third kappa shape index (κ3) is 7.76. The fraction of sp³-hybridized carbons (Fsp3) is 0.444. The van der Waals surface area contributed by atoms with Crippen LogP contribution in [0.15, 0.2) is 18.2 Å². The van der Waals surface area contributed by atoms with E-state index in [4.69, 9.17) is 9.47 Å². The van der Waals surface area contributed by atoms with Gasteiger partial charge in [0.25, 0.3) is 0 Å². The fourth-order valence-electron chi connectivity index (χ4n) is 2.03. The van der Waals surface area contributed by atoms with E-state index in [2.05, 4.69) is 16.0 Å². The molecular weight excluding hydrogens is 354 g/mol. The number of imide groups is 1. The largest absolute Gasteiger partial charge is 0.462 e. The minimum absolute atomic E-state index is 0.144. The number of ether oxygens (including phenoxy) is 2. The molecule has 3 amide bonds. The average molecular weight is 379 g/mol. The van der Waals surface area contributed by atoms with E-state index in [0.29, 0.717) is 12.2 Å². The van der Waals surface area contributed by atoms with Gasteiger partial charge in [-0.15, -0.1) is 0 Å². The Labute approximate surface area is 157 Å². The summed E-state index contributed by atoms with van der Waals surface area (Å²) in [5, 5.41) is 7.46. The lowest BCUT2D eigenvalue weighted by Gasteiger charge is -2.11. The first-order valence-electron chi connectivity index (χ1n) is 8.72. The Hall–Kier alpha value is -3.10. The SMILES string of the molecule is CCCNC(=O)NC(=O)CNc1cc(C(=O)OCC)cc(C(=O)OCC)c1. The summed E-state index contributed by atoms with van der Waals surface area (Å²) in [6.45, 7) is 5.81. The number of amides is 3. The highest BCUT2D eigenvalue weighted by Gasteiger charge is 2.15. The van der Waals surface area contributed by atoms with Crippen LogP contribution in [0.1, 0.15) is 47.9 Å². The molecule has 148 valence electrons. The van der Waals surface area contributed by atoms with Crippen molar-refractivity contribution in [3.05, 3.63) is 29.3 Å². The van der Waals surface area contributed by atoms with Crippen LogP contribution in [0.25, 0.3) is 0 Å². The molecule has 1 rings (SSSR count). The lowest BCUT2D eigenvalue weighted by atomic mass is 10.1. The Bertz CT molecular complexity index is 653. The predicted octanol–water partition coefficient (Wildman–Crippen LogP) is 1.69. The second-order valence-electron chi connectivity index (χ2n) is 5.40. The van der Waals surface area contributed by atoms with Crippen LogP contribution in [-0.4, -0.2) is 50.2 Å². The molecule has 27 heavy (non-hydrogen) atoms. The number of esters is 2. The topological polar surface area (TPSA) is 123 Å². The van der Waals surface area contributed by atoms with Crippen molar-refractivity contribution in [2.45, 2.75) is 27.2 Å². The van der Waals surface area contributed by atoms with Gasteiger partial charge >= 0.3 is 18.0 Å². The Kier molecular flexibility index (Phi) is 9.35. The average Bonchev–Trinajstić information content (AvgIpc) is 2.64. The molecule has 0 bridgehead atoms. The highest BCUT2D eigenvalue weighted by molar-refractivity contribution is 5.98. The molecule has 0 fully saturated rings. The predicted molar refractivity (Wildman–Crippen MR) is 98.7 cm³/mol. The Morgan fingerprint density at radius 3 is 1.93 bits per heavy atom. The van der Waals surface area contributed by atoms with Crippen molar-refractivity contribution in [2.75, 3.05) is 31.6 Å². The summed E-state index contributed by atoms with van der Waals surface area (Å²) in [5.74, 6) is -1.77. The highest BCUT2D eigenvalue weighted by Crippen LogP contribution is 2.17. The van der Waals surface area contributed by atoms with Crippen molar-refractivity contribution in [3.63, 3.8) is 0 Å². The molecule has 0 saturated carbocycles. The van der Waals surface area contributed by atoms with E-state index in [-0.39, 0.29) is 30.9 Å². The monoisotopic (exact) mass is 379 g/mol. The van der Waals surface area contributed by atoms with E-state index >= 15 is 0 Å². The second kappa shape index (κ2) is 11.5. The van der Waals surface area contributed by atoms with E-state index in [1.807, 2.05) is 6.92 Å². The fourth-order valence-corrected chi connectivity index (χ4v) is 2.03. The van der Waals surface area contributed by atoms with Crippen molar-refractivity contribution in [3.8, 4) is 0 Å². The van der Waals surface area contributed by atoms with E-state index in [1.54, 1.807) is 13.8 Å². The van der Waals surface area contributed by atoms with Crippen LogP contribution in [0.5, 0.6) is 0 Å². The van der Waals surface area contributed by atoms with Crippen LogP contribution in [0.2, 0.25) is 0 Å². The van der Waals surface area contributed by atoms with Gasteiger partial charge in [-0.3, -0.25) is 10.1 Å². The third-order valence-electron chi connectivity index (χ3n) is 3.20. The van der Waals surface area contributed by atoms with Crippen LogP contribution in [0.3, 0.4) is 0 Å². The molecule has 9 nitrogen and oxygen atoms in total. The second-order valence-corrected chi connectivity index (χ2v) is 5.40. The van der Waals surface area contributed by atoms with Crippen LogP contribution in [0.4, 0.5) is 10.5 Å². The number of anilines is 1. The summed E-state index contributed by atoms with van der Waals surface area (Å²) < 4.78 is 9.88. The smallest absolute Gasteiger partial charge is 0.338 e. The molecule has 0 aromatic heterocycles. The summed E-state index contributed by atoms with van der Waals surface area (Å²) in [6, 6.07) is 3.67.